The molecular weight excluding hydrogens is 307 g/mol. The van der Waals surface area contributed by atoms with Crippen LogP contribution in [-0.4, -0.2) is 6.38 Å². The molecule has 0 unspecified atom stereocenters. The van der Waals surface area contributed by atoms with Crippen molar-refractivity contribution in [3.8, 4) is 0 Å². The van der Waals surface area contributed by atoms with Crippen LogP contribution in [0.5, 0.6) is 0 Å². The third-order valence-electron chi connectivity index (χ3n) is 2.28. The molecule has 0 spiro atoms. The van der Waals surface area contributed by atoms with Gasteiger partial charge in [0.25, 0.3) is 0 Å². The Morgan fingerprint density at radius 1 is 0.706 bits per heavy atom. The third-order valence-corrected chi connectivity index (χ3v) is 2.28. The number of hydrogen-bond acceptors (Lipinski definition) is 0. The first-order valence-electron chi connectivity index (χ1n) is 5.65. The number of alkyl halides is 1. The average Bonchev–Trinajstić information content (AvgIpc) is 3.05. The molecule has 2 heteroatoms. The Labute approximate surface area is 130 Å². The number of hydrogen-bond donors (Lipinski definition) is 0. The van der Waals surface area contributed by atoms with Gasteiger partial charge in [-0.1, -0.05) is 26.7 Å². The van der Waals surface area contributed by atoms with E-state index in [-0.39, 0.29) is 26.2 Å². The standard InChI is InChI=1S/2C7H9.CH3Cl.Zr/c2*1-2-7-5-3-4-6-7;1-2;/h2*3-6H,2H2,1H3;1H3;/q2*-1;;+2. The molecule has 0 saturated carbocycles. The number of aryl methyl sites for hydroxylation is 2. The van der Waals surface area contributed by atoms with Crippen molar-refractivity contribution < 1.29 is 26.2 Å². The predicted octanol–water partition coefficient (Wildman–Crippen LogP) is 4.79. The Bertz CT molecular complexity index is 274. The van der Waals surface area contributed by atoms with Crippen LogP contribution in [-0.2, 0) is 39.0 Å². The second kappa shape index (κ2) is 13.9. The molecule has 2 rings (SSSR count). The minimum Gasteiger partial charge on any atom is -0.213 e. The van der Waals surface area contributed by atoms with Crippen molar-refractivity contribution >= 4 is 11.6 Å². The molecule has 0 aliphatic carbocycles. The summed E-state index contributed by atoms with van der Waals surface area (Å²) in [7, 11) is 0. The molecule has 0 aliphatic heterocycles. The molecule has 0 amide bonds. The molecule has 0 saturated heterocycles. The second-order valence-electron chi connectivity index (χ2n) is 3.29. The van der Waals surface area contributed by atoms with Crippen LogP contribution in [0.3, 0.4) is 0 Å². The zero-order valence-electron chi connectivity index (χ0n) is 10.9. The van der Waals surface area contributed by atoms with Gasteiger partial charge in [0.2, 0.25) is 0 Å². The van der Waals surface area contributed by atoms with E-state index < -0.39 is 0 Å². The summed E-state index contributed by atoms with van der Waals surface area (Å²) in [6.45, 7) is 4.32. The molecule has 0 aliphatic rings. The van der Waals surface area contributed by atoms with Gasteiger partial charge in [-0.3, -0.25) is 0 Å². The van der Waals surface area contributed by atoms with Crippen LogP contribution >= 0.6 is 11.6 Å². The summed E-state index contributed by atoms with van der Waals surface area (Å²) in [6, 6.07) is 16.8. The van der Waals surface area contributed by atoms with Crippen LogP contribution < -0.4 is 0 Å². The van der Waals surface area contributed by atoms with Crippen molar-refractivity contribution in [2.24, 2.45) is 0 Å². The fraction of sp³-hybridized carbons (Fsp3) is 0.333. The van der Waals surface area contributed by atoms with Gasteiger partial charge in [0.15, 0.2) is 0 Å². The van der Waals surface area contributed by atoms with Gasteiger partial charge in [0, 0.05) is 6.38 Å². The van der Waals surface area contributed by atoms with Crippen molar-refractivity contribution in [3.63, 3.8) is 0 Å². The molecule has 0 radical (unpaired) electrons. The van der Waals surface area contributed by atoms with Crippen LogP contribution in [0.25, 0.3) is 0 Å². The molecular formula is C15H21ClZr. The zero-order valence-corrected chi connectivity index (χ0v) is 14.1. The Kier molecular flexibility index (Phi) is 15.8. The van der Waals surface area contributed by atoms with Gasteiger partial charge in [-0.05, 0) is 0 Å². The third kappa shape index (κ3) is 9.56. The van der Waals surface area contributed by atoms with E-state index in [0.29, 0.717) is 0 Å². The van der Waals surface area contributed by atoms with E-state index in [1.807, 2.05) is 0 Å². The van der Waals surface area contributed by atoms with E-state index in [1.165, 1.54) is 17.5 Å². The molecule has 0 fully saturated rings. The molecule has 0 nitrogen and oxygen atoms in total. The summed E-state index contributed by atoms with van der Waals surface area (Å²) in [6.07, 6.45) is 3.79. The van der Waals surface area contributed by atoms with Gasteiger partial charge in [-0.2, -0.15) is 35.4 Å². The van der Waals surface area contributed by atoms with Gasteiger partial charge in [-0.15, -0.1) is 11.6 Å². The van der Waals surface area contributed by atoms with Gasteiger partial charge >= 0.3 is 26.2 Å². The topological polar surface area (TPSA) is 0 Å². The Morgan fingerprint density at radius 2 is 0.941 bits per heavy atom. The van der Waals surface area contributed by atoms with Crippen molar-refractivity contribution in [3.05, 3.63) is 59.7 Å². The maximum atomic E-state index is 4.64. The fourth-order valence-corrected chi connectivity index (χ4v) is 1.30. The molecule has 0 bridgehead atoms. The summed E-state index contributed by atoms with van der Waals surface area (Å²) in [5.41, 5.74) is 2.86. The smallest absolute Gasteiger partial charge is 0.213 e. The zero-order chi connectivity index (χ0) is 12.2. The normalized spacial score (nSPS) is 8.00. The molecule has 0 N–H and O–H groups in total. The molecule has 2 aromatic carbocycles. The van der Waals surface area contributed by atoms with E-state index in [1.54, 1.807) is 0 Å². The Morgan fingerprint density at radius 3 is 1.06 bits per heavy atom. The number of halogens is 1. The first kappa shape index (κ1) is 19.2. The summed E-state index contributed by atoms with van der Waals surface area (Å²) < 4.78 is 0. The minimum atomic E-state index is 0. The quantitative estimate of drug-likeness (QED) is 0.549. The molecule has 0 atom stereocenters. The average molecular weight is 328 g/mol. The first-order valence-corrected chi connectivity index (χ1v) is 6.41. The van der Waals surface area contributed by atoms with Crippen LogP contribution in [0.15, 0.2) is 48.5 Å². The van der Waals surface area contributed by atoms with E-state index in [0.717, 1.165) is 12.8 Å². The fourth-order valence-electron chi connectivity index (χ4n) is 1.30. The summed E-state index contributed by atoms with van der Waals surface area (Å²) in [5.74, 6) is 0. The first-order chi connectivity index (χ1) is 7.86. The van der Waals surface area contributed by atoms with E-state index >= 15 is 0 Å². The largest absolute Gasteiger partial charge is 2.00 e. The monoisotopic (exact) mass is 326 g/mol. The maximum absolute atomic E-state index is 4.64. The second-order valence-corrected chi connectivity index (χ2v) is 3.29. The predicted molar refractivity (Wildman–Crippen MR) is 74.6 cm³/mol. The maximum Gasteiger partial charge on any atom is 2.00 e. The summed E-state index contributed by atoms with van der Waals surface area (Å²) in [4.78, 5) is 0. The Balaban J connectivity index is 0. The van der Waals surface area contributed by atoms with Crippen molar-refractivity contribution in [1.82, 2.24) is 0 Å². The Hall–Kier alpha value is -0.127. The van der Waals surface area contributed by atoms with Crippen molar-refractivity contribution in [1.29, 1.82) is 0 Å². The molecule has 0 aromatic heterocycles. The van der Waals surface area contributed by atoms with Crippen LogP contribution in [0.4, 0.5) is 0 Å². The van der Waals surface area contributed by atoms with Crippen LogP contribution in [0.2, 0.25) is 0 Å². The SMILES string of the molecule is CC[c-]1cccc1.CC[c-]1cccc1.CCl.[Zr+2]. The molecule has 2 aromatic rings. The van der Waals surface area contributed by atoms with Gasteiger partial charge in [-0.25, -0.2) is 24.3 Å². The van der Waals surface area contributed by atoms with Crippen LogP contribution in [0.1, 0.15) is 25.0 Å². The summed E-state index contributed by atoms with van der Waals surface area (Å²) >= 11 is 4.64. The minimum absolute atomic E-state index is 0. The van der Waals surface area contributed by atoms with E-state index in [9.17, 15) is 0 Å². The van der Waals surface area contributed by atoms with E-state index in [4.69, 9.17) is 0 Å². The van der Waals surface area contributed by atoms with E-state index in [2.05, 4.69) is 74.0 Å². The summed E-state index contributed by atoms with van der Waals surface area (Å²) in [5, 5.41) is 0. The van der Waals surface area contributed by atoms with Gasteiger partial charge in [0.1, 0.15) is 0 Å². The van der Waals surface area contributed by atoms with Crippen molar-refractivity contribution in [2.75, 3.05) is 6.38 Å². The molecule has 0 heterocycles. The van der Waals surface area contributed by atoms with Gasteiger partial charge in [0.05, 0.1) is 0 Å². The van der Waals surface area contributed by atoms with Gasteiger partial charge < -0.3 is 0 Å². The van der Waals surface area contributed by atoms with Crippen LogP contribution in [0, 0.1) is 0 Å². The number of rotatable bonds is 2. The molecule has 17 heavy (non-hydrogen) atoms. The molecule has 92 valence electrons. The van der Waals surface area contributed by atoms with Crippen molar-refractivity contribution in [2.45, 2.75) is 26.7 Å².